The summed E-state index contributed by atoms with van der Waals surface area (Å²) in [6.07, 6.45) is 0. The van der Waals surface area contributed by atoms with Gasteiger partial charge in [-0.05, 0) is 74.9 Å². The molecule has 0 atom stereocenters. The van der Waals surface area contributed by atoms with Gasteiger partial charge in [0.2, 0.25) is 0 Å². The number of carbonyl (C=O) groups is 1. The van der Waals surface area contributed by atoms with Crippen LogP contribution in [0, 0.1) is 13.8 Å². The van der Waals surface area contributed by atoms with Crippen LogP contribution in [0.15, 0.2) is 71.6 Å². The van der Waals surface area contributed by atoms with Gasteiger partial charge in [0.15, 0.2) is 0 Å². The molecular weight excluding hydrogens is 400 g/mol. The maximum Gasteiger partial charge on any atom is 0.262 e. The summed E-state index contributed by atoms with van der Waals surface area (Å²) in [4.78, 5) is 12.7. The third kappa shape index (κ3) is 5.18. The molecule has 0 saturated heterocycles. The van der Waals surface area contributed by atoms with Crippen molar-refractivity contribution in [2.75, 3.05) is 16.6 Å². The molecule has 30 heavy (non-hydrogen) atoms. The predicted octanol–water partition coefficient (Wildman–Crippen LogP) is 4.76. The number of amides is 1. The quantitative estimate of drug-likeness (QED) is 0.573. The highest BCUT2D eigenvalue weighted by Crippen LogP contribution is 2.22. The van der Waals surface area contributed by atoms with Crippen LogP contribution in [0.3, 0.4) is 0 Å². The second-order valence-electron chi connectivity index (χ2n) is 6.86. The number of nitrogens with one attached hydrogen (secondary N) is 2. The number of sulfonamides is 1. The van der Waals surface area contributed by atoms with E-state index in [0.29, 0.717) is 29.3 Å². The zero-order valence-corrected chi connectivity index (χ0v) is 17.9. The molecule has 0 aliphatic rings. The molecule has 0 saturated carbocycles. The summed E-state index contributed by atoms with van der Waals surface area (Å²) in [5.74, 6) is 0.312. The Morgan fingerprint density at radius 1 is 0.900 bits per heavy atom. The van der Waals surface area contributed by atoms with E-state index in [0.717, 1.165) is 5.56 Å². The van der Waals surface area contributed by atoms with Crippen molar-refractivity contribution in [1.29, 1.82) is 0 Å². The summed E-state index contributed by atoms with van der Waals surface area (Å²) in [6.45, 7) is 6.07. The van der Waals surface area contributed by atoms with E-state index >= 15 is 0 Å². The Bertz CT molecular complexity index is 1140. The van der Waals surface area contributed by atoms with Crippen LogP contribution in [-0.2, 0) is 10.0 Å². The fourth-order valence-electron chi connectivity index (χ4n) is 2.87. The molecule has 0 aromatic heterocycles. The van der Waals surface area contributed by atoms with Crippen LogP contribution in [0.2, 0.25) is 0 Å². The van der Waals surface area contributed by atoms with Crippen molar-refractivity contribution in [2.24, 2.45) is 0 Å². The van der Waals surface area contributed by atoms with Gasteiger partial charge in [-0.1, -0.05) is 23.8 Å². The SMILES string of the molecule is CCOc1ccc(NC(=O)c2ccc(C)c(S(=O)(=O)Nc3ccc(C)cc3)c2)cc1. The second kappa shape index (κ2) is 9.00. The van der Waals surface area contributed by atoms with Crippen molar-refractivity contribution in [3.05, 3.63) is 83.4 Å². The van der Waals surface area contributed by atoms with Gasteiger partial charge in [0.05, 0.1) is 11.5 Å². The molecule has 0 unspecified atom stereocenters. The van der Waals surface area contributed by atoms with E-state index in [1.54, 1.807) is 55.5 Å². The molecule has 0 fully saturated rings. The number of rotatable bonds is 7. The molecule has 2 N–H and O–H groups in total. The molecule has 0 radical (unpaired) electrons. The third-order valence-corrected chi connectivity index (χ3v) is 5.99. The molecule has 3 aromatic carbocycles. The molecule has 0 spiro atoms. The van der Waals surface area contributed by atoms with E-state index in [2.05, 4.69) is 10.0 Å². The van der Waals surface area contributed by atoms with Gasteiger partial charge in [0.25, 0.3) is 15.9 Å². The van der Waals surface area contributed by atoms with Gasteiger partial charge < -0.3 is 10.1 Å². The standard InChI is InChI=1S/C23H24N2O4S/c1-4-29-21-13-11-19(12-14-21)24-23(26)18-8-7-17(3)22(15-18)30(27,28)25-20-9-5-16(2)6-10-20/h5-15,25H,4H2,1-3H3,(H,24,26). The molecule has 0 heterocycles. The predicted molar refractivity (Wildman–Crippen MR) is 119 cm³/mol. The Morgan fingerprint density at radius 2 is 1.53 bits per heavy atom. The Balaban J connectivity index is 1.81. The van der Waals surface area contributed by atoms with Crippen molar-refractivity contribution in [1.82, 2.24) is 0 Å². The summed E-state index contributed by atoms with van der Waals surface area (Å²) in [6, 6.07) is 18.6. The van der Waals surface area contributed by atoms with Gasteiger partial charge in [0, 0.05) is 16.9 Å². The first kappa shape index (κ1) is 21.4. The van der Waals surface area contributed by atoms with E-state index < -0.39 is 15.9 Å². The molecule has 1 amide bonds. The highest BCUT2D eigenvalue weighted by atomic mass is 32.2. The van der Waals surface area contributed by atoms with Crippen molar-refractivity contribution in [3.8, 4) is 5.75 Å². The topological polar surface area (TPSA) is 84.5 Å². The number of ether oxygens (including phenoxy) is 1. The molecule has 156 valence electrons. The average molecular weight is 425 g/mol. The fourth-order valence-corrected chi connectivity index (χ4v) is 4.20. The number of anilines is 2. The van der Waals surface area contributed by atoms with Crippen molar-refractivity contribution >= 4 is 27.3 Å². The molecule has 0 aliphatic heterocycles. The summed E-state index contributed by atoms with van der Waals surface area (Å²) in [5.41, 5.74) is 2.88. The maximum atomic E-state index is 12.9. The van der Waals surface area contributed by atoms with Crippen LogP contribution in [0.1, 0.15) is 28.4 Å². The zero-order chi connectivity index (χ0) is 21.7. The van der Waals surface area contributed by atoms with E-state index in [9.17, 15) is 13.2 Å². The van der Waals surface area contributed by atoms with E-state index in [-0.39, 0.29) is 10.5 Å². The molecular formula is C23H24N2O4S. The highest BCUT2D eigenvalue weighted by Gasteiger charge is 2.19. The molecule has 0 aliphatic carbocycles. The van der Waals surface area contributed by atoms with Gasteiger partial charge in [-0.3, -0.25) is 9.52 Å². The highest BCUT2D eigenvalue weighted by molar-refractivity contribution is 7.92. The van der Waals surface area contributed by atoms with Crippen molar-refractivity contribution in [2.45, 2.75) is 25.7 Å². The van der Waals surface area contributed by atoms with Crippen molar-refractivity contribution < 1.29 is 17.9 Å². The number of aryl methyl sites for hydroxylation is 2. The summed E-state index contributed by atoms with van der Waals surface area (Å²) in [5, 5.41) is 2.77. The number of benzene rings is 3. The van der Waals surface area contributed by atoms with E-state index in [1.165, 1.54) is 6.07 Å². The second-order valence-corrected chi connectivity index (χ2v) is 8.51. The van der Waals surface area contributed by atoms with Crippen LogP contribution in [0.5, 0.6) is 5.75 Å². The van der Waals surface area contributed by atoms with Crippen LogP contribution >= 0.6 is 0 Å². The van der Waals surface area contributed by atoms with E-state index in [4.69, 9.17) is 4.74 Å². The number of hydrogen-bond acceptors (Lipinski definition) is 4. The molecule has 6 nitrogen and oxygen atoms in total. The van der Waals surface area contributed by atoms with Crippen LogP contribution in [0.25, 0.3) is 0 Å². The average Bonchev–Trinajstić information content (AvgIpc) is 2.71. The fraction of sp³-hybridized carbons (Fsp3) is 0.174. The maximum absolute atomic E-state index is 12.9. The lowest BCUT2D eigenvalue weighted by Crippen LogP contribution is -2.17. The third-order valence-electron chi connectivity index (χ3n) is 4.47. The van der Waals surface area contributed by atoms with Crippen LogP contribution < -0.4 is 14.8 Å². The monoisotopic (exact) mass is 424 g/mol. The van der Waals surface area contributed by atoms with Gasteiger partial charge in [-0.25, -0.2) is 8.42 Å². The largest absolute Gasteiger partial charge is 0.494 e. The Labute approximate surface area is 177 Å². The number of hydrogen-bond donors (Lipinski definition) is 2. The minimum Gasteiger partial charge on any atom is -0.494 e. The first-order valence-corrected chi connectivity index (χ1v) is 11.0. The smallest absolute Gasteiger partial charge is 0.262 e. The van der Waals surface area contributed by atoms with Crippen LogP contribution in [-0.4, -0.2) is 20.9 Å². The Kier molecular flexibility index (Phi) is 6.42. The zero-order valence-electron chi connectivity index (χ0n) is 17.1. The van der Waals surface area contributed by atoms with Gasteiger partial charge in [-0.15, -0.1) is 0 Å². The Morgan fingerprint density at radius 3 is 2.17 bits per heavy atom. The van der Waals surface area contributed by atoms with Gasteiger partial charge in [-0.2, -0.15) is 0 Å². The minimum absolute atomic E-state index is 0.0578. The van der Waals surface area contributed by atoms with Crippen LogP contribution in [0.4, 0.5) is 11.4 Å². The summed E-state index contributed by atoms with van der Waals surface area (Å²) in [7, 11) is -3.84. The molecule has 3 rings (SSSR count). The minimum atomic E-state index is -3.84. The van der Waals surface area contributed by atoms with Gasteiger partial charge >= 0.3 is 0 Å². The summed E-state index contributed by atoms with van der Waals surface area (Å²) >= 11 is 0. The number of carbonyl (C=O) groups excluding carboxylic acids is 1. The molecule has 3 aromatic rings. The lowest BCUT2D eigenvalue weighted by Gasteiger charge is -2.13. The van der Waals surface area contributed by atoms with Gasteiger partial charge in [0.1, 0.15) is 5.75 Å². The summed E-state index contributed by atoms with van der Waals surface area (Å²) < 4.78 is 33.7. The molecule has 7 heteroatoms. The lowest BCUT2D eigenvalue weighted by atomic mass is 10.1. The Hall–Kier alpha value is -3.32. The lowest BCUT2D eigenvalue weighted by molar-refractivity contribution is 0.102. The van der Waals surface area contributed by atoms with Crippen molar-refractivity contribution in [3.63, 3.8) is 0 Å². The molecule has 0 bridgehead atoms. The first-order valence-electron chi connectivity index (χ1n) is 9.53. The van der Waals surface area contributed by atoms with E-state index in [1.807, 2.05) is 26.0 Å². The normalized spacial score (nSPS) is 11.0. The first-order chi connectivity index (χ1) is 14.3.